The third-order valence-corrected chi connectivity index (χ3v) is 7.66. The number of carbonyl (C=O) groups excluding carboxylic acids is 1. The molecule has 4 rings (SSSR count). The van der Waals surface area contributed by atoms with Crippen LogP contribution in [0.2, 0.25) is 0 Å². The fraction of sp³-hybridized carbons (Fsp3) is 0.545. The van der Waals surface area contributed by atoms with Gasteiger partial charge in [-0.25, -0.2) is 13.8 Å². The van der Waals surface area contributed by atoms with Crippen LogP contribution in [0, 0.1) is 0 Å². The van der Waals surface area contributed by atoms with E-state index in [9.17, 15) is 13.2 Å². The predicted molar refractivity (Wildman–Crippen MR) is 132 cm³/mol. The van der Waals surface area contributed by atoms with Crippen LogP contribution in [0.3, 0.4) is 0 Å². The molecular weight excluding hydrogens is 469 g/mol. The van der Waals surface area contributed by atoms with Crippen molar-refractivity contribution < 1.29 is 22.7 Å². The molecule has 2 N–H and O–H groups in total. The van der Waals surface area contributed by atoms with Gasteiger partial charge in [-0.05, 0) is 60.8 Å². The Kier molecular flexibility index (Phi) is 9.04. The summed E-state index contributed by atoms with van der Waals surface area (Å²) < 4.78 is 42.0. The molecule has 0 saturated carbocycles. The van der Waals surface area contributed by atoms with E-state index in [1.165, 1.54) is 36.2 Å². The van der Waals surface area contributed by atoms with Crippen molar-refractivity contribution in [2.45, 2.75) is 44.6 Å². The van der Waals surface area contributed by atoms with Gasteiger partial charge in [0.15, 0.2) is 0 Å². The first-order valence-corrected chi connectivity index (χ1v) is 12.5. The van der Waals surface area contributed by atoms with E-state index in [0.717, 1.165) is 59.6 Å². The van der Waals surface area contributed by atoms with E-state index < -0.39 is 22.3 Å². The minimum atomic E-state index is -4.30. The summed E-state index contributed by atoms with van der Waals surface area (Å²) in [7, 11) is 0.351. The number of nitrogens with zero attached hydrogens (tertiary/aromatic N) is 3. The summed E-state index contributed by atoms with van der Waals surface area (Å²) in [5.41, 5.74) is 5.85. The second-order valence-corrected chi connectivity index (χ2v) is 10.1. The summed E-state index contributed by atoms with van der Waals surface area (Å²) in [6.07, 6.45) is 8.81. The van der Waals surface area contributed by atoms with Crippen molar-refractivity contribution in [3.63, 3.8) is 0 Å². The molecule has 2 aliphatic rings. The van der Waals surface area contributed by atoms with Gasteiger partial charge >= 0.3 is 45.8 Å². The predicted octanol–water partition coefficient (Wildman–Crippen LogP) is 1.28. The zero-order valence-electron chi connectivity index (χ0n) is 19.3. The molecule has 2 aromatic rings. The van der Waals surface area contributed by atoms with Crippen LogP contribution in [0.5, 0.6) is 0 Å². The molecule has 0 spiro atoms. The number of hydrogen-bond acceptors (Lipinski definition) is 6. The van der Waals surface area contributed by atoms with E-state index in [2.05, 4.69) is 21.2 Å². The van der Waals surface area contributed by atoms with Crippen LogP contribution < -0.4 is 14.3 Å². The molecule has 182 valence electrons. The molecule has 1 aromatic heterocycles. The third kappa shape index (κ3) is 5.60. The van der Waals surface area contributed by atoms with E-state index in [1.54, 1.807) is 13.2 Å². The number of amides is 2. The molecule has 10 nitrogen and oxygen atoms in total. The van der Waals surface area contributed by atoms with Crippen LogP contribution in [-0.2, 0) is 52.4 Å². The molecule has 0 aliphatic heterocycles. The first-order chi connectivity index (χ1) is 15.8. The first kappa shape index (κ1) is 27.0. The minimum absolute atomic E-state index is 0. The molecule has 0 bridgehead atoms. The summed E-state index contributed by atoms with van der Waals surface area (Å²) in [4.78, 5) is 13.0. The molecule has 12 heteroatoms. The number of urea groups is 1. The normalized spacial score (nSPS) is 14.5. The number of nitrogens with one attached hydrogen (secondary N) is 2. The van der Waals surface area contributed by atoms with E-state index in [4.69, 9.17) is 9.47 Å². The molecule has 0 atom stereocenters. The number of aromatic nitrogens is 2. The molecule has 0 unspecified atom stereocenters. The Bertz CT molecular complexity index is 1100. The molecule has 34 heavy (non-hydrogen) atoms. The number of aryl methyl sites for hydroxylation is 3. The third-order valence-electron chi connectivity index (χ3n) is 6.19. The van der Waals surface area contributed by atoms with E-state index in [-0.39, 0.29) is 42.8 Å². The van der Waals surface area contributed by atoms with Gasteiger partial charge in [0.2, 0.25) is 0 Å². The van der Waals surface area contributed by atoms with Crippen LogP contribution in [0.15, 0.2) is 18.5 Å². The summed E-state index contributed by atoms with van der Waals surface area (Å²) in [5, 5.41) is 6.95. The molecular formula is C22H32N5NaO5S. The molecule has 0 fully saturated rings. The first-order valence-electron chi connectivity index (χ1n) is 11.1. The molecule has 1 aromatic carbocycles. The fourth-order valence-corrected chi connectivity index (χ4v) is 6.18. The Morgan fingerprint density at radius 3 is 2.21 bits per heavy atom. The topological polar surface area (TPSA) is 115 Å². The Hall–Kier alpha value is -1.63. The Balaban J connectivity index is 0.00000324. The van der Waals surface area contributed by atoms with Crippen molar-refractivity contribution in [1.29, 1.82) is 0 Å². The maximum atomic E-state index is 13.4. The molecule has 1 heterocycles. The van der Waals surface area contributed by atoms with Gasteiger partial charge in [0.25, 0.3) is 0 Å². The fourth-order valence-electron chi connectivity index (χ4n) is 4.91. The van der Waals surface area contributed by atoms with Gasteiger partial charge < -0.3 is 14.8 Å². The zero-order valence-corrected chi connectivity index (χ0v) is 20.1. The van der Waals surface area contributed by atoms with Crippen LogP contribution >= 0.6 is 0 Å². The van der Waals surface area contributed by atoms with Crippen molar-refractivity contribution in [2.75, 3.05) is 37.1 Å². The number of methoxy groups -OCH3 is 2. The van der Waals surface area contributed by atoms with Crippen LogP contribution in [0.4, 0.5) is 16.2 Å². The van der Waals surface area contributed by atoms with Crippen LogP contribution in [-0.4, -0.2) is 87.3 Å². The van der Waals surface area contributed by atoms with Crippen molar-refractivity contribution in [3.8, 4) is 0 Å². The number of fused-ring (bicyclic) bond motifs is 2. The van der Waals surface area contributed by atoms with Crippen LogP contribution in [0.25, 0.3) is 0 Å². The number of benzene rings is 1. The van der Waals surface area contributed by atoms with Gasteiger partial charge in [-0.3, -0.25) is 4.68 Å². The van der Waals surface area contributed by atoms with Crippen molar-refractivity contribution in [2.24, 2.45) is 7.05 Å². The van der Waals surface area contributed by atoms with Gasteiger partial charge in [-0.15, -0.1) is 0 Å². The van der Waals surface area contributed by atoms with Gasteiger partial charge in [0.05, 0.1) is 31.1 Å². The number of hydrogen-bond donors (Lipinski definition) is 2. The monoisotopic (exact) mass is 501 g/mol. The van der Waals surface area contributed by atoms with E-state index in [0.29, 0.717) is 5.69 Å². The quantitative estimate of drug-likeness (QED) is 0.501. The van der Waals surface area contributed by atoms with E-state index >= 15 is 0 Å². The van der Waals surface area contributed by atoms with Gasteiger partial charge in [-0.1, -0.05) is 6.07 Å². The Morgan fingerprint density at radius 2 is 1.71 bits per heavy atom. The summed E-state index contributed by atoms with van der Waals surface area (Å²) >= 11 is 0. The second-order valence-electron chi connectivity index (χ2n) is 8.53. The SMILES string of the molecule is COCC(COC)N(c1cnn(C)c1)S(=O)(=O)NC(=O)Nc1c2c(cc3c1CCC3)CCC2.[NaH]. The number of carbonyl (C=O) groups is 1. The average Bonchev–Trinajstić information content (AvgIpc) is 3.48. The molecule has 2 aliphatic carbocycles. The van der Waals surface area contributed by atoms with Crippen molar-refractivity contribution >= 4 is 57.2 Å². The molecule has 2 amide bonds. The standard InChI is InChI=1S/C22H31N5O5S.Na.H/c1-26-12-17(11-23-26)27(18(13-31-2)14-32-3)33(29,30)25-22(28)24-21-19-8-4-6-15(19)10-16-7-5-9-20(16)21;;/h10-12,18H,4-9,13-14H2,1-3H3,(H2,24,25,28);;. The van der Waals surface area contributed by atoms with E-state index in [1.807, 2.05) is 0 Å². The summed E-state index contributed by atoms with van der Waals surface area (Å²) in [6.45, 7) is 0.149. The summed E-state index contributed by atoms with van der Waals surface area (Å²) in [5.74, 6) is 0. The van der Waals surface area contributed by atoms with Crippen molar-refractivity contribution in [3.05, 3.63) is 40.7 Å². The second kappa shape index (κ2) is 11.4. The van der Waals surface area contributed by atoms with Gasteiger partial charge in [0, 0.05) is 33.2 Å². The molecule has 0 radical (unpaired) electrons. The maximum absolute atomic E-state index is 13.4. The Morgan fingerprint density at radius 1 is 1.12 bits per heavy atom. The summed E-state index contributed by atoms with van der Waals surface area (Å²) in [6, 6.07) is 0.779. The Labute approximate surface area is 222 Å². The van der Waals surface area contributed by atoms with Gasteiger partial charge in [-0.2, -0.15) is 13.5 Å². The number of ether oxygens (including phenoxy) is 2. The van der Waals surface area contributed by atoms with Gasteiger partial charge in [0.1, 0.15) is 0 Å². The average molecular weight is 502 g/mol. The molecule has 0 saturated heterocycles. The number of rotatable bonds is 9. The zero-order chi connectivity index (χ0) is 23.6. The van der Waals surface area contributed by atoms with Crippen molar-refractivity contribution in [1.82, 2.24) is 14.5 Å². The number of anilines is 2. The van der Waals surface area contributed by atoms with Crippen LogP contribution in [0.1, 0.15) is 35.1 Å².